The molecule has 26 heavy (non-hydrogen) atoms. The molecule has 0 bridgehead atoms. The molecule has 0 aromatic heterocycles. The highest BCUT2D eigenvalue weighted by Crippen LogP contribution is 2.45. The van der Waals surface area contributed by atoms with E-state index in [0.29, 0.717) is 26.2 Å². The van der Waals surface area contributed by atoms with E-state index < -0.39 is 0 Å². The Morgan fingerprint density at radius 3 is 2.46 bits per heavy atom. The van der Waals surface area contributed by atoms with E-state index in [1.807, 2.05) is 40.1 Å². The van der Waals surface area contributed by atoms with Crippen LogP contribution in [0.15, 0.2) is 30.3 Å². The van der Waals surface area contributed by atoms with Gasteiger partial charge in [0.25, 0.3) is 0 Å². The van der Waals surface area contributed by atoms with Crippen LogP contribution >= 0.6 is 0 Å². The number of methoxy groups -OCH3 is 1. The van der Waals surface area contributed by atoms with Crippen molar-refractivity contribution in [2.75, 3.05) is 47.4 Å². The largest absolute Gasteiger partial charge is 0.383 e. The highest BCUT2D eigenvalue weighted by molar-refractivity contribution is 5.87. The number of benzene rings is 1. The van der Waals surface area contributed by atoms with Crippen molar-refractivity contribution < 1.29 is 14.3 Å². The summed E-state index contributed by atoms with van der Waals surface area (Å²) in [6, 6.07) is 10.1. The molecule has 3 amide bonds. The smallest absolute Gasteiger partial charge is 0.319 e. The van der Waals surface area contributed by atoms with Gasteiger partial charge in [-0.3, -0.25) is 4.79 Å². The van der Waals surface area contributed by atoms with Crippen molar-refractivity contribution in [1.29, 1.82) is 0 Å². The predicted molar refractivity (Wildman–Crippen MR) is 100 cm³/mol. The Balaban J connectivity index is 1.80. The zero-order valence-electron chi connectivity index (χ0n) is 16.0. The van der Waals surface area contributed by atoms with Gasteiger partial charge in [0.2, 0.25) is 5.91 Å². The molecule has 1 spiro atoms. The van der Waals surface area contributed by atoms with E-state index in [9.17, 15) is 9.59 Å². The van der Waals surface area contributed by atoms with E-state index in [4.69, 9.17) is 4.74 Å². The SMILES string of the molecule is COCCN1C(=O)C(c2ccccc2)CC12CCN(C(=O)N(C)C)CC2. The van der Waals surface area contributed by atoms with Gasteiger partial charge in [-0.15, -0.1) is 0 Å². The number of amides is 3. The quantitative estimate of drug-likeness (QED) is 0.828. The summed E-state index contributed by atoms with van der Waals surface area (Å²) in [6.45, 7) is 2.53. The maximum atomic E-state index is 13.2. The third kappa shape index (κ3) is 3.43. The zero-order chi connectivity index (χ0) is 18.7. The van der Waals surface area contributed by atoms with Crippen LogP contribution in [0, 0.1) is 0 Å². The number of carbonyl (C=O) groups is 2. The normalized spacial score (nSPS) is 22.1. The molecular formula is C20H29N3O3. The van der Waals surface area contributed by atoms with Crippen LogP contribution in [-0.2, 0) is 9.53 Å². The lowest BCUT2D eigenvalue weighted by molar-refractivity contribution is -0.134. The number of likely N-dealkylation sites (tertiary alicyclic amines) is 2. The van der Waals surface area contributed by atoms with Gasteiger partial charge >= 0.3 is 6.03 Å². The lowest BCUT2D eigenvalue weighted by Gasteiger charge is -2.45. The molecule has 2 aliphatic rings. The molecule has 1 unspecified atom stereocenters. The van der Waals surface area contributed by atoms with E-state index >= 15 is 0 Å². The fourth-order valence-corrected chi connectivity index (χ4v) is 4.35. The van der Waals surface area contributed by atoms with E-state index in [2.05, 4.69) is 0 Å². The van der Waals surface area contributed by atoms with E-state index in [1.54, 1.807) is 26.1 Å². The molecule has 1 aromatic rings. The third-order valence-corrected chi connectivity index (χ3v) is 5.79. The Morgan fingerprint density at radius 2 is 1.88 bits per heavy atom. The van der Waals surface area contributed by atoms with Gasteiger partial charge in [0.1, 0.15) is 0 Å². The average Bonchev–Trinajstić information content (AvgIpc) is 2.92. The highest BCUT2D eigenvalue weighted by Gasteiger charge is 2.52. The van der Waals surface area contributed by atoms with Gasteiger partial charge < -0.3 is 19.4 Å². The third-order valence-electron chi connectivity index (χ3n) is 5.79. The Morgan fingerprint density at radius 1 is 1.23 bits per heavy atom. The summed E-state index contributed by atoms with van der Waals surface area (Å²) in [6.07, 6.45) is 2.47. The zero-order valence-corrected chi connectivity index (χ0v) is 16.0. The minimum atomic E-state index is -0.167. The topological polar surface area (TPSA) is 53.1 Å². The van der Waals surface area contributed by atoms with Crippen molar-refractivity contribution in [3.63, 3.8) is 0 Å². The van der Waals surface area contributed by atoms with Gasteiger partial charge in [-0.05, 0) is 24.8 Å². The van der Waals surface area contributed by atoms with Crippen LogP contribution in [0.1, 0.15) is 30.7 Å². The van der Waals surface area contributed by atoms with Crippen LogP contribution in [0.4, 0.5) is 4.79 Å². The fraction of sp³-hybridized carbons (Fsp3) is 0.600. The molecule has 6 heteroatoms. The van der Waals surface area contributed by atoms with Crippen molar-refractivity contribution in [3.8, 4) is 0 Å². The fourth-order valence-electron chi connectivity index (χ4n) is 4.35. The highest BCUT2D eigenvalue weighted by atomic mass is 16.5. The van der Waals surface area contributed by atoms with Crippen molar-refractivity contribution in [1.82, 2.24) is 14.7 Å². The maximum Gasteiger partial charge on any atom is 0.319 e. The first-order valence-corrected chi connectivity index (χ1v) is 9.30. The molecule has 1 aromatic carbocycles. The predicted octanol–water partition coefficient (Wildman–Crippen LogP) is 2.17. The first-order valence-electron chi connectivity index (χ1n) is 9.30. The molecule has 2 heterocycles. The number of rotatable bonds is 4. The van der Waals surface area contributed by atoms with Crippen LogP contribution in [-0.4, -0.2) is 79.6 Å². The van der Waals surface area contributed by atoms with Crippen LogP contribution in [0.3, 0.4) is 0 Å². The first-order chi connectivity index (χ1) is 12.5. The monoisotopic (exact) mass is 359 g/mol. The van der Waals surface area contributed by atoms with Gasteiger partial charge in [0, 0.05) is 46.4 Å². The molecule has 1 atom stereocenters. The summed E-state index contributed by atoms with van der Waals surface area (Å²) in [5.41, 5.74) is 0.919. The maximum absolute atomic E-state index is 13.2. The Kier molecular flexibility index (Phi) is 5.51. The lowest BCUT2D eigenvalue weighted by Crippen LogP contribution is -2.56. The summed E-state index contributed by atoms with van der Waals surface area (Å²) in [5.74, 6) is 0.102. The summed E-state index contributed by atoms with van der Waals surface area (Å²) in [5, 5.41) is 0. The molecule has 0 saturated carbocycles. The average molecular weight is 359 g/mol. The molecule has 2 aliphatic heterocycles. The summed E-state index contributed by atoms with van der Waals surface area (Å²) >= 11 is 0. The number of nitrogens with zero attached hydrogens (tertiary/aromatic N) is 3. The number of ether oxygens (including phenoxy) is 1. The van der Waals surface area contributed by atoms with E-state index in [1.165, 1.54) is 0 Å². The Hall–Kier alpha value is -2.08. The van der Waals surface area contributed by atoms with Gasteiger partial charge in [-0.2, -0.15) is 0 Å². The van der Waals surface area contributed by atoms with Gasteiger partial charge in [0.15, 0.2) is 0 Å². The lowest BCUT2D eigenvalue weighted by atomic mass is 9.81. The second-order valence-electron chi connectivity index (χ2n) is 7.54. The molecule has 142 valence electrons. The van der Waals surface area contributed by atoms with Crippen LogP contribution in [0.5, 0.6) is 0 Å². The van der Waals surface area contributed by atoms with Gasteiger partial charge in [0.05, 0.1) is 12.5 Å². The van der Waals surface area contributed by atoms with Crippen molar-refractivity contribution in [2.45, 2.75) is 30.7 Å². The van der Waals surface area contributed by atoms with E-state index in [0.717, 1.165) is 24.8 Å². The Bertz CT molecular complexity index is 639. The molecule has 6 nitrogen and oxygen atoms in total. The van der Waals surface area contributed by atoms with Crippen molar-refractivity contribution in [3.05, 3.63) is 35.9 Å². The molecule has 3 rings (SSSR count). The molecule has 0 aliphatic carbocycles. The first kappa shape index (κ1) is 18.7. The summed E-state index contributed by atoms with van der Waals surface area (Å²) in [4.78, 5) is 31.0. The second-order valence-corrected chi connectivity index (χ2v) is 7.54. The molecular weight excluding hydrogens is 330 g/mol. The molecule has 0 N–H and O–H groups in total. The number of urea groups is 1. The molecule has 2 fully saturated rings. The number of hydrogen-bond donors (Lipinski definition) is 0. The molecule has 2 saturated heterocycles. The van der Waals surface area contributed by atoms with Gasteiger partial charge in [-0.25, -0.2) is 4.79 Å². The standard InChI is InChI=1S/C20H29N3O3/c1-21(2)19(25)22-11-9-20(10-12-22)15-17(16-7-5-4-6-8-16)18(24)23(20)13-14-26-3/h4-8,17H,9-15H2,1-3H3. The van der Waals surface area contributed by atoms with Crippen LogP contribution in [0.25, 0.3) is 0 Å². The van der Waals surface area contributed by atoms with Gasteiger partial charge in [-0.1, -0.05) is 30.3 Å². The van der Waals surface area contributed by atoms with E-state index in [-0.39, 0.29) is 23.4 Å². The number of carbonyl (C=O) groups excluding carboxylic acids is 2. The van der Waals surface area contributed by atoms with Crippen molar-refractivity contribution in [2.24, 2.45) is 0 Å². The van der Waals surface area contributed by atoms with Crippen LogP contribution in [0.2, 0.25) is 0 Å². The number of piperidine rings is 1. The second kappa shape index (κ2) is 7.66. The number of hydrogen-bond acceptors (Lipinski definition) is 3. The van der Waals surface area contributed by atoms with Crippen molar-refractivity contribution >= 4 is 11.9 Å². The van der Waals surface area contributed by atoms with Crippen LogP contribution < -0.4 is 0 Å². The minimum Gasteiger partial charge on any atom is -0.383 e. The summed E-state index contributed by atoms with van der Waals surface area (Å²) < 4.78 is 5.25. The Labute approximate surface area is 155 Å². The molecule has 0 radical (unpaired) electrons. The summed E-state index contributed by atoms with van der Waals surface area (Å²) in [7, 11) is 5.23. The minimum absolute atomic E-state index is 0.0484.